The minimum Gasteiger partial charge on any atom is -0.484 e. The van der Waals surface area contributed by atoms with Crippen LogP contribution < -0.4 is 10.5 Å². The summed E-state index contributed by atoms with van der Waals surface area (Å²) in [7, 11) is 0. The van der Waals surface area contributed by atoms with Gasteiger partial charge in [-0.2, -0.15) is 0 Å². The fourth-order valence-corrected chi connectivity index (χ4v) is 2.65. The lowest BCUT2D eigenvalue weighted by Gasteiger charge is -2.25. The Bertz CT molecular complexity index is 597. The average Bonchev–Trinajstić information content (AvgIpc) is 2.43. The number of benzene rings is 2. The summed E-state index contributed by atoms with van der Waals surface area (Å²) in [5.41, 5.74) is 8.34. The molecule has 2 aromatic rings. The zero-order valence-corrected chi connectivity index (χ0v) is 13.7. The predicted molar refractivity (Wildman–Crippen MR) is 86.9 cm³/mol. The molecule has 2 rings (SSSR count). The smallest absolute Gasteiger partial charge is 0.139 e. The van der Waals surface area contributed by atoms with E-state index in [0.717, 1.165) is 17.5 Å². The van der Waals surface area contributed by atoms with Gasteiger partial charge in [0.15, 0.2) is 0 Å². The standard InChI is InChI=1S/C17H19BrFNO/c1-3-16(20)17(12-6-4-5-11(2)7-12)21-15-9-13(18)8-14(19)10-15/h4-10,16-17H,3,20H2,1-2H3. The van der Waals surface area contributed by atoms with Crippen molar-refractivity contribution in [2.75, 3.05) is 0 Å². The molecule has 21 heavy (non-hydrogen) atoms. The van der Waals surface area contributed by atoms with E-state index in [-0.39, 0.29) is 18.0 Å². The van der Waals surface area contributed by atoms with E-state index in [0.29, 0.717) is 10.2 Å². The predicted octanol–water partition coefficient (Wildman–Crippen LogP) is 4.75. The number of hydrogen-bond acceptors (Lipinski definition) is 2. The van der Waals surface area contributed by atoms with E-state index in [1.165, 1.54) is 12.1 Å². The van der Waals surface area contributed by atoms with Crippen LogP contribution in [-0.4, -0.2) is 6.04 Å². The summed E-state index contributed by atoms with van der Waals surface area (Å²) < 4.78 is 20.1. The zero-order chi connectivity index (χ0) is 15.4. The molecule has 0 radical (unpaired) electrons. The summed E-state index contributed by atoms with van der Waals surface area (Å²) in [5.74, 6) is 0.129. The molecule has 2 aromatic carbocycles. The van der Waals surface area contributed by atoms with E-state index in [2.05, 4.69) is 22.0 Å². The number of nitrogens with two attached hydrogens (primary N) is 1. The third-order valence-corrected chi connectivity index (χ3v) is 3.79. The molecular formula is C17H19BrFNO. The lowest BCUT2D eigenvalue weighted by atomic mass is 9.99. The van der Waals surface area contributed by atoms with Crippen LogP contribution in [0.5, 0.6) is 5.75 Å². The van der Waals surface area contributed by atoms with Gasteiger partial charge in [0, 0.05) is 16.6 Å². The third kappa shape index (κ3) is 4.29. The van der Waals surface area contributed by atoms with E-state index in [9.17, 15) is 4.39 Å². The lowest BCUT2D eigenvalue weighted by Crippen LogP contribution is -2.31. The summed E-state index contributed by atoms with van der Waals surface area (Å²) in [6, 6.07) is 12.4. The maximum Gasteiger partial charge on any atom is 0.139 e. The minimum absolute atomic E-state index is 0.158. The first kappa shape index (κ1) is 16.0. The van der Waals surface area contributed by atoms with Gasteiger partial charge in [-0.15, -0.1) is 0 Å². The van der Waals surface area contributed by atoms with Gasteiger partial charge in [-0.05, 0) is 31.0 Å². The van der Waals surface area contributed by atoms with Crippen molar-refractivity contribution < 1.29 is 9.13 Å². The molecular weight excluding hydrogens is 333 g/mol. The van der Waals surface area contributed by atoms with Crippen LogP contribution in [0.1, 0.15) is 30.6 Å². The number of rotatable bonds is 5. The van der Waals surface area contributed by atoms with Gasteiger partial charge in [0.1, 0.15) is 17.7 Å². The minimum atomic E-state index is -0.340. The molecule has 0 aliphatic heterocycles. The molecule has 2 N–H and O–H groups in total. The molecule has 0 bridgehead atoms. The molecule has 0 saturated heterocycles. The van der Waals surface area contributed by atoms with Gasteiger partial charge >= 0.3 is 0 Å². The first-order valence-electron chi connectivity index (χ1n) is 6.94. The Morgan fingerprint density at radius 2 is 2.00 bits per heavy atom. The summed E-state index contributed by atoms with van der Waals surface area (Å²) in [6.07, 6.45) is 0.471. The molecule has 2 atom stereocenters. The number of aryl methyl sites for hydroxylation is 1. The van der Waals surface area contributed by atoms with Crippen molar-refractivity contribution in [3.63, 3.8) is 0 Å². The van der Waals surface area contributed by atoms with Gasteiger partial charge in [0.25, 0.3) is 0 Å². The van der Waals surface area contributed by atoms with Crippen molar-refractivity contribution in [2.45, 2.75) is 32.4 Å². The Morgan fingerprint density at radius 1 is 1.24 bits per heavy atom. The molecule has 2 nitrogen and oxygen atoms in total. The number of halogens is 2. The zero-order valence-electron chi connectivity index (χ0n) is 12.1. The molecule has 112 valence electrons. The van der Waals surface area contributed by atoms with Crippen LogP contribution in [0, 0.1) is 12.7 Å². The molecule has 2 unspecified atom stereocenters. The van der Waals surface area contributed by atoms with Crippen molar-refractivity contribution in [1.29, 1.82) is 0 Å². The molecule has 0 amide bonds. The largest absolute Gasteiger partial charge is 0.484 e. The molecule has 0 fully saturated rings. The molecule has 4 heteroatoms. The fourth-order valence-electron chi connectivity index (χ4n) is 2.21. The highest BCUT2D eigenvalue weighted by molar-refractivity contribution is 9.10. The SMILES string of the molecule is CCC(N)C(Oc1cc(F)cc(Br)c1)c1cccc(C)c1. The quantitative estimate of drug-likeness (QED) is 0.843. The second kappa shape index (κ2) is 7.05. The Kier molecular flexibility index (Phi) is 5.37. The van der Waals surface area contributed by atoms with Crippen molar-refractivity contribution in [3.05, 3.63) is 63.9 Å². The normalized spacial score (nSPS) is 13.8. The topological polar surface area (TPSA) is 35.2 Å². The summed E-state index contributed by atoms with van der Waals surface area (Å²) in [5, 5.41) is 0. The Labute approximate surface area is 133 Å². The second-order valence-electron chi connectivity index (χ2n) is 5.13. The Morgan fingerprint density at radius 3 is 2.62 bits per heavy atom. The van der Waals surface area contributed by atoms with E-state index in [1.54, 1.807) is 6.07 Å². The molecule has 0 heterocycles. The van der Waals surface area contributed by atoms with Crippen LogP contribution >= 0.6 is 15.9 Å². The van der Waals surface area contributed by atoms with Crippen LogP contribution in [0.25, 0.3) is 0 Å². The van der Waals surface area contributed by atoms with Crippen LogP contribution in [0.15, 0.2) is 46.9 Å². The summed E-state index contributed by atoms with van der Waals surface area (Å²) in [6.45, 7) is 4.04. The highest BCUT2D eigenvalue weighted by Crippen LogP contribution is 2.28. The molecule has 0 aromatic heterocycles. The third-order valence-electron chi connectivity index (χ3n) is 3.33. The first-order valence-corrected chi connectivity index (χ1v) is 7.73. The second-order valence-corrected chi connectivity index (χ2v) is 6.05. The van der Waals surface area contributed by atoms with Crippen LogP contribution in [0.4, 0.5) is 4.39 Å². The van der Waals surface area contributed by atoms with Gasteiger partial charge < -0.3 is 10.5 Å². The first-order chi connectivity index (χ1) is 9.99. The van der Waals surface area contributed by atoms with Gasteiger partial charge in [0.2, 0.25) is 0 Å². The van der Waals surface area contributed by atoms with Crippen molar-refractivity contribution in [2.24, 2.45) is 5.73 Å². The maximum atomic E-state index is 13.5. The van der Waals surface area contributed by atoms with Gasteiger partial charge in [-0.3, -0.25) is 0 Å². The van der Waals surface area contributed by atoms with Crippen molar-refractivity contribution in [1.82, 2.24) is 0 Å². The summed E-state index contributed by atoms with van der Waals surface area (Å²) in [4.78, 5) is 0. The number of hydrogen-bond donors (Lipinski definition) is 1. The van der Waals surface area contributed by atoms with Gasteiger partial charge in [0.05, 0.1) is 0 Å². The van der Waals surface area contributed by atoms with E-state index in [4.69, 9.17) is 10.5 Å². The lowest BCUT2D eigenvalue weighted by molar-refractivity contribution is 0.170. The Hall–Kier alpha value is -1.39. The molecule has 0 saturated carbocycles. The van der Waals surface area contributed by atoms with Crippen LogP contribution in [0.2, 0.25) is 0 Å². The van der Waals surface area contributed by atoms with Gasteiger partial charge in [-0.1, -0.05) is 52.7 Å². The monoisotopic (exact) mass is 351 g/mol. The molecule has 0 aliphatic rings. The Balaban J connectivity index is 2.32. The van der Waals surface area contributed by atoms with Crippen LogP contribution in [-0.2, 0) is 0 Å². The van der Waals surface area contributed by atoms with Crippen molar-refractivity contribution in [3.8, 4) is 5.75 Å². The van der Waals surface area contributed by atoms with E-state index in [1.807, 2.05) is 32.0 Å². The fraction of sp³-hybridized carbons (Fsp3) is 0.294. The highest BCUT2D eigenvalue weighted by Gasteiger charge is 2.21. The van der Waals surface area contributed by atoms with E-state index >= 15 is 0 Å². The van der Waals surface area contributed by atoms with E-state index < -0.39 is 0 Å². The molecule has 0 aliphatic carbocycles. The average molecular weight is 352 g/mol. The highest BCUT2D eigenvalue weighted by atomic mass is 79.9. The van der Waals surface area contributed by atoms with Gasteiger partial charge in [-0.25, -0.2) is 4.39 Å². The molecule has 0 spiro atoms. The van der Waals surface area contributed by atoms with Crippen LogP contribution in [0.3, 0.4) is 0 Å². The summed E-state index contributed by atoms with van der Waals surface area (Å²) >= 11 is 3.27. The number of ether oxygens (including phenoxy) is 1. The maximum absolute atomic E-state index is 13.5. The van der Waals surface area contributed by atoms with Crippen molar-refractivity contribution >= 4 is 15.9 Å².